The second kappa shape index (κ2) is 5.23. The molecular weight excluding hydrogens is 200 g/mol. The van der Waals surface area contributed by atoms with Gasteiger partial charge >= 0.3 is 0 Å². The minimum Gasteiger partial charge on any atom is -0.394 e. The molecule has 0 aliphatic rings. The highest BCUT2D eigenvalue weighted by molar-refractivity contribution is 5.66. The Morgan fingerprint density at radius 2 is 2.06 bits per heavy atom. The number of nitrogen functional groups attached to an aromatic ring is 1. The Balaban J connectivity index is 2.90. The third-order valence-electron chi connectivity index (χ3n) is 3.11. The smallest absolute Gasteiger partial charge is 0.150 e. The first-order valence-corrected chi connectivity index (χ1v) is 6.03. The summed E-state index contributed by atoms with van der Waals surface area (Å²) in [6, 6.07) is 0. The summed E-state index contributed by atoms with van der Waals surface area (Å²) in [5, 5.41) is 4.43. The Labute approximate surface area is 98.4 Å². The second-order valence-electron chi connectivity index (χ2n) is 4.56. The molecule has 1 unspecified atom stereocenters. The highest BCUT2D eigenvalue weighted by Gasteiger charge is 2.16. The lowest BCUT2D eigenvalue weighted by atomic mass is 10.1. The maximum absolute atomic E-state index is 6.11. The molecule has 0 amide bonds. The molecule has 1 aromatic rings. The first kappa shape index (κ1) is 12.9. The van der Waals surface area contributed by atoms with Crippen LogP contribution in [0.4, 0.5) is 11.5 Å². The van der Waals surface area contributed by atoms with Crippen molar-refractivity contribution in [3.63, 3.8) is 0 Å². The molecule has 1 aromatic heterocycles. The Morgan fingerprint density at radius 1 is 1.44 bits per heavy atom. The van der Waals surface area contributed by atoms with Gasteiger partial charge in [-0.3, -0.25) is 4.68 Å². The van der Waals surface area contributed by atoms with Gasteiger partial charge in [0.25, 0.3) is 0 Å². The molecule has 4 heteroatoms. The standard InChI is InChI=1S/C12H24N4/c1-6-9(3)8-15(4)12-11(13)10(7-2)14-16(12)5/h9H,6-8,13H2,1-5H3. The lowest BCUT2D eigenvalue weighted by molar-refractivity contribution is 0.552. The van der Waals surface area contributed by atoms with Gasteiger partial charge in [0.05, 0.1) is 11.4 Å². The molecule has 0 aromatic carbocycles. The zero-order valence-electron chi connectivity index (χ0n) is 11.1. The van der Waals surface area contributed by atoms with Crippen molar-refractivity contribution in [1.29, 1.82) is 0 Å². The van der Waals surface area contributed by atoms with Crippen molar-refractivity contribution in [3.8, 4) is 0 Å². The molecule has 0 saturated carbocycles. The highest BCUT2D eigenvalue weighted by Crippen LogP contribution is 2.26. The Hall–Kier alpha value is -1.19. The van der Waals surface area contributed by atoms with E-state index in [0.717, 1.165) is 30.2 Å². The van der Waals surface area contributed by atoms with Crippen molar-refractivity contribution in [2.75, 3.05) is 24.2 Å². The zero-order valence-corrected chi connectivity index (χ0v) is 11.1. The van der Waals surface area contributed by atoms with E-state index in [9.17, 15) is 0 Å². The van der Waals surface area contributed by atoms with Crippen LogP contribution in [0, 0.1) is 5.92 Å². The van der Waals surface area contributed by atoms with Gasteiger partial charge in [0.2, 0.25) is 0 Å². The van der Waals surface area contributed by atoms with E-state index in [-0.39, 0.29) is 0 Å². The Kier molecular flexibility index (Phi) is 4.21. The number of rotatable bonds is 5. The predicted octanol–water partition coefficient (Wildman–Crippen LogP) is 2.05. The van der Waals surface area contributed by atoms with E-state index in [1.165, 1.54) is 6.42 Å². The molecule has 92 valence electrons. The fraction of sp³-hybridized carbons (Fsp3) is 0.750. The van der Waals surface area contributed by atoms with Crippen LogP contribution in [0.1, 0.15) is 32.9 Å². The number of nitrogens with zero attached hydrogens (tertiary/aromatic N) is 3. The van der Waals surface area contributed by atoms with Crippen LogP contribution in [-0.2, 0) is 13.5 Å². The molecule has 0 fully saturated rings. The van der Waals surface area contributed by atoms with Crippen LogP contribution >= 0.6 is 0 Å². The van der Waals surface area contributed by atoms with Crippen LogP contribution in [0.2, 0.25) is 0 Å². The molecule has 0 aliphatic carbocycles. The average Bonchev–Trinajstić information content (AvgIpc) is 2.53. The summed E-state index contributed by atoms with van der Waals surface area (Å²) in [7, 11) is 4.04. The van der Waals surface area contributed by atoms with Crippen molar-refractivity contribution in [3.05, 3.63) is 5.69 Å². The van der Waals surface area contributed by atoms with E-state index in [1.54, 1.807) is 0 Å². The van der Waals surface area contributed by atoms with E-state index in [0.29, 0.717) is 5.92 Å². The second-order valence-corrected chi connectivity index (χ2v) is 4.56. The topological polar surface area (TPSA) is 47.1 Å². The number of nitrogens with two attached hydrogens (primary N) is 1. The number of hydrogen-bond donors (Lipinski definition) is 1. The van der Waals surface area contributed by atoms with Gasteiger partial charge in [-0.2, -0.15) is 5.10 Å². The first-order valence-electron chi connectivity index (χ1n) is 6.03. The van der Waals surface area contributed by atoms with E-state index in [2.05, 4.69) is 37.8 Å². The fourth-order valence-electron chi connectivity index (χ4n) is 1.98. The summed E-state index contributed by atoms with van der Waals surface area (Å²) in [6.07, 6.45) is 2.07. The lowest BCUT2D eigenvalue weighted by Crippen LogP contribution is -2.26. The van der Waals surface area contributed by atoms with Gasteiger partial charge in [0.15, 0.2) is 0 Å². The Morgan fingerprint density at radius 3 is 2.50 bits per heavy atom. The van der Waals surface area contributed by atoms with Crippen molar-refractivity contribution in [2.24, 2.45) is 13.0 Å². The van der Waals surface area contributed by atoms with E-state index >= 15 is 0 Å². The van der Waals surface area contributed by atoms with Crippen LogP contribution in [0.5, 0.6) is 0 Å². The minimum atomic E-state index is 0.671. The maximum Gasteiger partial charge on any atom is 0.150 e. The van der Waals surface area contributed by atoms with Crippen LogP contribution < -0.4 is 10.6 Å². The molecule has 0 bridgehead atoms. The third kappa shape index (κ3) is 2.49. The van der Waals surface area contributed by atoms with Crippen LogP contribution in [0.15, 0.2) is 0 Å². The van der Waals surface area contributed by atoms with Gasteiger partial charge < -0.3 is 10.6 Å². The first-order chi connectivity index (χ1) is 7.51. The predicted molar refractivity (Wildman–Crippen MR) is 69.7 cm³/mol. The van der Waals surface area contributed by atoms with Crippen LogP contribution in [0.3, 0.4) is 0 Å². The fourth-order valence-corrected chi connectivity index (χ4v) is 1.98. The number of anilines is 2. The molecule has 0 saturated heterocycles. The van der Waals surface area contributed by atoms with Crippen LogP contribution in [-0.4, -0.2) is 23.4 Å². The van der Waals surface area contributed by atoms with Gasteiger partial charge in [-0.15, -0.1) is 0 Å². The monoisotopic (exact) mass is 224 g/mol. The molecule has 1 rings (SSSR count). The molecule has 0 radical (unpaired) electrons. The molecule has 1 atom stereocenters. The zero-order chi connectivity index (χ0) is 12.3. The average molecular weight is 224 g/mol. The number of aromatic nitrogens is 2. The maximum atomic E-state index is 6.11. The van der Waals surface area contributed by atoms with Crippen molar-refractivity contribution in [1.82, 2.24) is 9.78 Å². The van der Waals surface area contributed by atoms with Gasteiger partial charge in [0.1, 0.15) is 5.82 Å². The molecule has 4 nitrogen and oxygen atoms in total. The summed E-state index contributed by atoms with van der Waals surface area (Å²) in [4.78, 5) is 2.20. The van der Waals surface area contributed by atoms with Crippen molar-refractivity contribution in [2.45, 2.75) is 33.6 Å². The van der Waals surface area contributed by atoms with E-state index in [1.807, 2.05) is 11.7 Å². The van der Waals surface area contributed by atoms with Gasteiger partial charge in [0, 0.05) is 20.6 Å². The third-order valence-corrected chi connectivity index (χ3v) is 3.11. The molecule has 0 aliphatic heterocycles. The molecule has 2 N–H and O–H groups in total. The normalized spacial score (nSPS) is 12.8. The molecular formula is C12H24N4. The highest BCUT2D eigenvalue weighted by atomic mass is 15.4. The quantitative estimate of drug-likeness (QED) is 0.832. The van der Waals surface area contributed by atoms with Gasteiger partial charge in [-0.05, 0) is 12.3 Å². The SMILES string of the molecule is CCc1nn(C)c(N(C)CC(C)CC)c1N. The number of hydrogen-bond acceptors (Lipinski definition) is 3. The van der Waals surface area contributed by atoms with Gasteiger partial charge in [-0.1, -0.05) is 27.2 Å². The molecule has 16 heavy (non-hydrogen) atoms. The van der Waals surface area contributed by atoms with Crippen molar-refractivity contribution < 1.29 is 0 Å². The number of aryl methyl sites for hydroxylation is 2. The minimum absolute atomic E-state index is 0.671. The Bertz CT molecular complexity index is 343. The molecule has 0 spiro atoms. The summed E-state index contributed by atoms with van der Waals surface area (Å²) < 4.78 is 1.89. The summed E-state index contributed by atoms with van der Waals surface area (Å²) in [5.41, 5.74) is 7.93. The van der Waals surface area contributed by atoms with Crippen molar-refractivity contribution >= 4 is 11.5 Å². The van der Waals surface area contributed by atoms with Gasteiger partial charge in [-0.25, -0.2) is 0 Å². The summed E-state index contributed by atoms with van der Waals surface area (Å²) in [5.74, 6) is 1.71. The summed E-state index contributed by atoms with van der Waals surface area (Å²) in [6.45, 7) is 7.56. The van der Waals surface area contributed by atoms with Crippen LogP contribution in [0.25, 0.3) is 0 Å². The van der Waals surface area contributed by atoms with E-state index < -0.39 is 0 Å². The molecule has 1 heterocycles. The largest absolute Gasteiger partial charge is 0.394 e. The summed E-state index contributed by atoms with van der Waals surface area (Å²) >= 11 is 0. The van der Waals surface area contributed by atoms with E-state index in [4.69, 9.17) is 5.73 Å². The lowest BCUT2D eigenvalue weighted by Gasteiger charge is -2.23.